The van der Waals surface area contributed by atoms with E-state index in [1.165, 1.54) is 0 Å². The number of pyridine rings is 1. The van der Waals surface area contributed by atoms with Crippen LogP contribution in [0.25, 0.3) is 16.8 Å². The Hall–Kier alpha value is -3.06. The minimum absolute atomic E-state index is 0.226. The number of halogens is 1. The molecule has 0 unspecified atom stereocenters. The van der Waals surface area contributed by atoms with Gasteiger partial charge in [0.2, 0.25) is 5.89 Å². The van der Waals surface area contributed by atoms with E-state index in [0.29, 0.717) is 41.8 Å². The second-order valence-corrected chi connectivity index (χ2v) is 7.36. The summed E-state index contributed by atoms with van der Waals surface area (Å²) in [6.45, 7) is 9.58. The summed E-state index contributed by atoms with van der Waals surface area (Å²) in [5.74, 6) is 0.966. The lowest BCUT2D eigenvalue weighted by Crippen LogP contribution is -2.32. The summed E-state index contributed by atoms with van der Waals surface area (Å²) >= 11 is 0. The van der Waals surface area contributed by atoms with Crippen LogP contribution in [0.3, 0.4) is 0 Å². The number of aromatic nitrogens is 3. The van der Waals surface area contributed by atoms with Gasteiger partial charge in [0.15, 0.2) is 5.82 Å². The molecule has 29 heavy (non-hydrogen) atoms. The fourth-order valence-corrected chi connectivity index (χ4v) is 3.74. The van der Waals surface area contributed by atoms with Crippen molar-refractivity contribution in [2.75, 3.05) is 6.54 Å². The van der Waals surface area contributed by atoms with Crippen LogP contribution in [-0.4, -0.2) is 26.6 Å². The van der Waals surface area contributed by atoms with Crippen LogP contribution in [0.5, 0.6) is 0 Å². The van der Waals surface area contributed by atoms with Gasteiger partial charge >= 0.3 is 0 Å². The molecule has 0 spiro atoms. The molecule has 2 N–H and O–H groups in total. The Labute approximate surface area is 169 Å². The maximum atomic E-state index is 14.9. The van der Waals surface area contributed by atoms with Crippen molar-refractivity contribution in [1.29, 1.82) is 0 Å². The van der Waals surface area contributed by atoms with Gasteiger partial charge in [0.05, 0.1) is 23.6 Å². The lowest BCUT2D eigenvalue weighted by molar-refractivity contribution is 0.232. The maximum absolute atomic E-state index is 14.9. The summed E-state index contributed by atoms with van der Waals surface area (Å²) in [7, 11) is 0. The molecule has 2 aromatic heterocycles. The molecular formula is C22H24FN5O. The molecule has 3 aromatic rings. The highest BCUT2D eigenvalue weighted by molar-refractivity contribution is 5.73. The molecule has 6 nitrogen and oxygen atoms in total. The van der Waals surface area contributed by atoms with E-state index in [2.05, 4.69) is 21.6 Å². The smallest absolute Gasteiger partial charge is 0.223 e. The van der Waals surface area contributed by atoms with Crippen LogP contribution in [0.1, 0.15) is 41.2 Å². The molecule has 0 bridgehead atoms. The van der Waals surface area contributed by atoms with Gasteiger partial charge in [-0.25, -0.2) is 9.37 Å². The Bertz CT molecular complexity index is 1080. The minimum Gasteiger partial charge on any atom is -0.397 e. The number of rotatable bonds is 5. The van der Waals surface area contributed by atoms with Crippen molar-refractivity contribution >= 4 is 5.70 Å². The normalized spacial score (nSPS) is 14.0. The fraction of sp³-hybridized carbons (Fsp3) is 0.318. The summed E-state index contributed by atoms with van der Waals surface area (Å²) in [4.78, 5) is 11.2. The molecule has 1 aliphatic rings. The molecule has 0 saturated carbocycles. The van der Waals surface area contributed by atoms with Gasteiger partial charge < -0.3 is 10.3 Å². The van der Waals surface area contributed by atoms with E-state index in [1.807, 2.05) is 25.1 Å². The van der Waals surface area contributed by atoms with Gasteiger partial charge in [0, 0.05) is 25.6 Å². The summed E-state index contributed by atoms with van der Waals surface area (Å²) in [5.41, 5.74) is 11.2. The van der Waals surface area contributed by atoms with Crippen molar-refractivity contribution in [3.63, 3.8) is 0 Å². The van der Waals surface area contributed by atoms with Gasteiger partial charge in [-0.3, -0.25) is 4.90 Å². The average molecular weight is 393 g/mol. The second-order valence-electron chi connectivity index (χ2n) is 7.36. The fourth-order valence-electron chi connectivity index (χ4n) is 3.74. The molecule has 0 saturated heterocycles. The SMILES string of the molecule is C=C(N)c1cc(-c2ccc(CC)cc2F)c2c(n1)CN(Cc1noc(C)n1)CC2. The average Bonchev–Trinajstić information content (AvgIpc) is 3.11. The van der Waals surface area contributed by atoms with Crippen molar-refractivity contribution < 1.29 is 8.91 Å². The molecule has 4 rings (SSSR count). The number of fused-ring (bicyclic) bond motifs is 1. The van der Waals surface area contributed by atoms with E-state index in [-0.39, 0.29) is 5.82 Å². The molecule has 0 atom stereocenters. The summed E-state index contributed by atoms with van der Waals surface area (Å²) in [5, 5.41) is 3.97. The van der Waals surface area contributed by atoms with Crippen LogP contribution in [0.4, 0.5) is 4.39 Å². The molecule has 1 aliphatic heterocycles. The molecule has 3 heterocycles. The van der Waals surface area contributed by atoms with Crippen LogP contribution < -0.4 is 5.73 Å². The highest BCUT2D eigenvalue weighted by atomic mass is 19.1. The van der Waals surface area contributed by atoms with Crippen molar-refractivity contribution in [2.24, 2.45) is 5.73 Å². The van der Waals surface area contributed by atoms with Crippen molar-refractivity contribution in [3.8, 4) is 11.1 Å². The monoisotopic (exact) mass is 393 g/mol. The predicted molar refractivity (Wildman–Crippen MR) is 109 cm³/mol. The quantitative estimate of drug-likeness (QED) is 0.713. The third-order valence-electron chi connectivity index (χ3n) is 5.26. The van der Waals surface area contributed by atoms with Crippen molar-refractivity contribution in [2.45, 2.75) is 39.8 Å². The number of hydrogen-bond acceptors (Lipinski definition) is 6. The van der Waals surface area contributed by atoms with Crippen LogP contribution in [0, 0.1) is 12.7 Å². The first kappa shape index (κ1) is 19.3. The largest absolute Gasteiger partial charge is 0.397 e. The Morgan fingerprint density at radius 1 is 1.28 bits per heavy atom. The lowest BCUT2D eigenvalue weighted by Gasteiger charge is -2.29. The molecule has 0 radical (unpaired) electrons. The first-order chi connectivity index (χ1) is 13.9. The van der Waals surface area contributed by atoms with Crippen LogP contribution in [-0.2, 0) is 25.9 Å². The number of hydrogen-bond donors (Lipinski definition) is 1. The van der Waals surface area contributed by atoms with Gasteiger partial charge in [0.1, 0.15) is 5.82 Å². The lowest BCUT2D eigenvalue weighted by atomic mass is 9.92. The molecule has 7 heteroatoms. The van der Waals surface area contributed by atoms with E-state index in [0.717, 1.165) is 41.8 Å². The zero-order valence-electron chi connectivity index (χ0n) is 16.7. The van der Waals surface area contributed by atoms with Crippen LogP contribution >= 0.6 is 0 Å². The van der Waals surface area contributed by atoms with E-state index in [9.17, 15) is 4.39 Å². The molecule has 0 fully saturated rings. The Morgan fingerprint density at radius 3 is 2.76 bits per heavy atom. The first-order valence-corrected chi connectivity index (χ1v) is 9.72. The third-order valence-corrected chi connectivity index (χ3v) is 5.26. The molecule has 150 valence electrons. The Kier molecular flexibility index (Phi) is 5.15. The zero-order chi connectivity index (χ0) is 20.5. The first-order valence-electron chi connectivity index (χ1n) is 9.72. The summed E-state index contributed by atoms with van der Waals surface area (Å²) < 4.78 is 19.9. The number of nitrogens with two attached hydrogens (primary N) is 1. The molecule has 0 amide bonds. The second kappa shape index (κ2) is 7.75. The van der Waals surface area contributed by atoms with Gasteiger partial charge in [-0.2, -0.15) is 4.98 Å². The topological polar surface area (TPSA) is 81.1 Å². The Balaban J connectivity index is 1.72. The molecule has 0 aliphatic carbocycles. The summed E-state index contributed by atoms with van der Waals surface area (Å²) in [6, 6.07) is 7.27. The molecular weight excluding hydrogens is 369 g/mol. The van der Waals surface area contributed by atoms with E-state index in [1.54, 1.807) is 13.0 Å². The molecule has 1 aromatic carbocycles. The number of nitrogens with zero attached hydrogens (tertiary/aromatic N) is 4. The van der Waals surface area contributed by atoms with E-state index >= 15 is 0 Å². The van der Waals surface area contributed by atoms with E-state index < -0.39 is 0 Å². The summed E-state index contributed by atoms with van der Waals surface area (Å²) in [6.07, 6.45) is 1.54. The van der Waals surface area contributed by atoms with E-state index in [4.69, 9.17) is 15.2 Å². The van der Waals surface area contributed by atoms with Crippen LogP contribution in [0.15, 0.2) is 35.4 Å². The van der Waals surface area contributed by atoms with Gasteiger partial charge in [0.25, 0.3) is 0 Å². The number of aryl methyl sites for hydroxylation is 2. The van der Waals surface area contributed by atoms with Gasteiger partial charge in [-0.15, -0.1) is 0 Å². The Morgan fingerprint density at radius 2 is 2.10 bits per heavy atom. The standard InChI is InChI=1S/C22H24FN5O/c1-4-15-5-6-16(19(23)9-15)18-10-20(13(2)24)26-21-11-28(8-7-17(18)21)12-22-25-14(3)29-27-22/h5-6,9-10H,2,4,7-8,11-12,24H2,1,3H3. The van der Waals surface area contributed by atoms with Crippen molar-refractivity contribution in [1.82, 2.24) is 20.0 Å². The minimum atomic E-state index is -0.226. The zero-order valence-corrected chi connectivity index (χ0v) is 16.7. The van der Waals surface area contributed by atoms with Gasteiger partial charge in [-0.05, 0) is 41.7 Å². The predicted octanol–water partition coefficient (Wildman–Crippen LogP) is 3.63. The maximum Gasteiger partial charge on any atom is 0.223 e. The highest BCUT2D eigenvalue weighted by Crippen LogP contribution is 2.33. The third kappa shape index (κ3) is 3.91. The van der Waals surface area contributed by atoms with Crippen LogP contribution in [0.2, 0.25) is 0 Å². The van der Waals surface area contributed by atoms with Gasteiger partial charge in [-0.1, -0.05) is 30.8 Å². The highest BCUT2D eigenvalue weighted by Gasteiger charge is 2.24. The number of benzene rings is 1. The van der Waals surface area contributed by atoms with Crippen molar-refractivity contribution in [3.05, 3.63) is 70.9 Å².